The van der Waals surface area contributed by atoms with E-state index in [9.17, 15) is 0 Å². The van der Waals surface area contributed by atoms with E-state index in [0.717, 1.165) is 6.42 Å². The zero-order valence-corrected chi connectivity index (χ0v) is 11.0. The van der Waals surface area contributed by atoms with Crippen molar-refractivity contribution in [3.05, 3.63) is 11.6 Å². The molecule has 0 saturated heterocycles. The van der Waals surface area contributed by atoms with Crippen molar-refractivity contribution >= 4 is 0 Å². The number of aliphatic hydroxyl groups excluding tert-OH is 1. The maximum absolute atomic E-state index is 8.39. The van der Waals surface area contributed by atoms with Crippen molar-refractivity contribution in [3.63, 3.8) is 0 Å². The van der Waals surface area contributed by atoms with E-state index in [2.05, 4.69) is 6.92 Å². The van der Waals surface area contributed by atoms with Crippen LogP contribution in [0.4, 0.5) is 0 Å². The zero-order valence-electron chi connectivity index (χ0n) is 6.22. The molecule has 0 atom stereocenters. The van der Waals surface area contributed by atoms with Crippen LogP contribution in [0.3, 0.4) is 0 Å². The predicted octanol–water partition coefficient (Wildman–Crippen LogP) is 1.73. The quantitative estimate of drug-likeness (QED) is 0.776. The van der Waals surface area contributed by atoms with E-state index in [0.29, 0.717) is 0 Å². The Kier molecular flexibility index (Phi) is 13.0. The fourth-order valence-electron chi connectivity index (χ4n) is 0.652. The van der Waals surface area contributed by atoms with E-state index in [1.807, 2.05) is 13.0 Å². The monoisotopic (exact) mass is 341 g/mol. The van der Waals surface area contributed by atoms with E-state index in [1.165, 1.54) is 12.0 Å². The van der Waals surface area contributed by atoms with Crippen LogP contribution in [-0.4, -0.2) is 11.7 Å². The molecular formula is C7H14AcO. The van der Waals surface area contributed by atoms with Crippen LogP contribution in [0, 0.1) is 44.1 Å². The Balaban J connectivity index is 0. The van der Waals surface area contributed by atoms with Gasteiger partial charge in [-0.1, -0.05) is 25.0 Å². The number of hydrogen-bond acceptors (Lipinski definition) is 1. The van der Waals surface area contributed by atoms with E-state index in [1.54, 1.807) is 0 Å². The van der Waals surface area contributed by atoms with Crippen molar-refractivity contribution in [2.75, 3.05) is 6.61 Å². The molecule has 0 aliphatic rings. The van der Waals surface area contributed by atoms with Gasteiger partial charge in [0.25, 0.3) is 0 Å². The normalized spacial score (nSPS) is 10.8. The first-order valence-electron chi connectivity index (χ1n) is 3.07. The van der Waals surface area contributed by atoms with Crippen molar-refractivity contribution in [1.29, 1.82) is 0 Å². The van der Waals surface area contributed by atoms with Gasteiger partial charge in [0, 0.05) is 44.1 Å². The fraction of sp³-hybridized carbons (Fsp3) is 0.714. The van der Waals surface area contributed by atoms with Gasteiger partial charge in [0.1, 0.15) is 0 Å². The van der Waals surface area contributed by atoms with Gasteiger partial charge in [0.05, 0.1) is 6.61 Å². The third-order valence-corrected chi connectivity index (χ3v) is 1.08. The van der Waals surface area contributed by atoms with Crippen LogP contribution in [-0.2, 0) is 0 Å². The zero-order chi connectivity index (χ0) is 6.41. The average Bonchev–Trinajstić information content (AvgIpc) is 1.68. The largest absolute Gasteiger partial charge is 0.392 e. The summed E-state index contributed by atoms with van der Waals surface area (Å²) in [5.74, 6) is 0. The minimum absolute atomic E-state index is 0. The van der Waals surface area contributed by atoms with Gasteiger partial charge in [-0.05, 0) is 13.3 Å². The molecule has 0 aromatic heterocycles. The fourth-order valence-corrected chi connectivity index (χ4v) is 0.652. The molecule has 0 aromatic carbocycles. The summed E-state index contributed by atoms with van der Waals surface area (Å²) < 4.78 is 0. The molecule has 0 fully saturated rings. The molecule has 1 nitrogen and oxygen atoms in total. The standard InChI is InChI=1S/C7H14O.Ac/c1-3-4-7(2)5-6-8;/h5,8H,3-4,6H2,1-2H3;/b7-5+;. The Morgan fingerprint density at radius 2 is 2.11 bits per heavy atom. The molecule has 2 heteroatoms. The molecule has 0 saturated carbocycles. The number of hydrogen-bond donors (Lipinski definition) is 1. The third kappa shape index (κ3) is 9.14. The van der Waals surface area contributed by atoms with Crippen LogP contribution < -0.4 is 0 Å². The van der Waals surface area contributed by atoms with Gasteiger partial charge < -0.3 is 5.11 Å². The van der Waals surface area contributed by atoms with Crippen molar-refractivity contribution in [1.82, 2.24) is 0 Å². The molecule has 0 heterocycles. The summed E-state index contributed by atoms with van der Waals surface area (Å²) in [5, 5.41) is 8.39. The molecule has 0 bridgehead atoms. The Bertz CT molecular complexity index is 79.0. The molecule has 1 N–H and O–H groups in total. The third-order valence-electron chi connectivity index (χ3n) is 1.08. The van der Waals surface area contributed by atoms with Crippen molar-refractivity contribution in [2.24, 2.45) is 0 Å². The minimum Gasteiger partial charge on any atom is -0.392 e. The summed E-state index contributed by atoms with van der Waals surface area (Å²) in [6.45, 7) is 4.36. The molecular weight excluding hydrogens is 327 g/mol. The summed E-state index contributed by atoms with van der Waals surface area (Å²) in [6.07, 6.45) is 4.13. The van der Waals surface area contributed by atoms with Gasteiger partial charge in [0.15, 0.2) is 0 Å². The van der Waals surface area contributed by atoms with Gasteiger partial charge in [0.2, 0.25) is 0 Å². The van der Waals surface area contributed by atoms with E-state index >= 15 is 0 Å². The van der Waals surface area contributed by atoms with Crippen LogP contribution in [0.2, 0.25) is 0 Å². The first kappa shape index (κ1) is 12.8. The van der Waals surface area contributed by atoms with Gasteiger partial charge in [-0.15, -0.1) is 0 Å². The summed E-state index contributed by atoms with van der Waals surface area (Å²) >= 11 is 0. The molecule has 0 amide bonds. The SMILES string of the molecule is CCC/C(C)=C/CO.[Ac]. The molecule has 1 radical (unpaired) electrons. The molecule has 51 valence electrons. The first-order valence-corrected chi connectivity index (χ1v) is 3.07. The van der Waals surface area contributed by atoms with Crippen LogP contribution in [0.15, 0.2) is 11.6 Å². The van der Waals surface area contributed by atoms with Crippen LogP contribution in [0.25, 0.3) is 0 Å². The van der Waals surface area contributed by atoms with Crippen molar-refractivity contribution in [3.8, 4) is 0 Å². The van der Waals surface area contributed by atoms with E-state index < -0.39 is 0 Å². The van der Waals surface area contributed by atoms with Gasteiger partial charge in [-0.25, -0.2) is 0 Å². The van der Waals surface area contributed by atoms with Crippen molar-refractivity contribution < 1.29 is 49.2 Å². The molecule has 0 spiro atoms. The maximum atomic E-state index is 8.39. The van der Waals surface area contributed by atoms with Crippen LogP contribution in [0.5, 0.6) is 0 Å². The molecule has 0 rings (SSSR count). The predicted molar refractivity (Wildman–Crippen MR) is 35.8 cm³/mol. The second-order valence-electron chi connectivity index (χ2n) is 1.98. The summed E-state index contributed by atoms with van der Waals surface area (Å²) in [7, 11) is 0. The molecule has 0 aromatic rings. The van der Waals surface area contributed by atoms with Gasteiger partial charge >= 0.3 is 0 Å². The van der Waals surface area contributed by atoms with Gasteiger partial charge in [-0.3, -0.25) is 0 Å². The smallest absolute Gasteiger partial charge is 0.0614 e. The minimum atomic E-state index is 0. The molecule has 9 heavy (non-hydrogen) atoms. The summed E-state index contributed by atoms with van der Waals surface area (Å²) in [6, 6.07) is 0. The van der Waals surface area contributed by atoms with Crippen molar-refractivity contribution in [2.45, 2.75) is 26.7 Å². The van der Waals surface area contributed by atoms with E-state index in [4.69, 9.17) is 5.11 Å². The maximum Gasteiger partial charge on any atom is 0.0614 e. The molecule has 0 unspecified atom stereocenters. The Morgan fingerprint density at radius 1 is 1.56 bits per heavy atom. The number of allylic oxidation sites excluding steroid dienone is 1. The second-order valence-corrected chi connectivity index (χ2v) is 1.98. The Labute approximate surface area is 93.1 Å². The second kappa shape index (κ2) is 9.14. The van der Waals surface area contributed by atoms with Crippen LogP contribution in [0.1, 0.15) is 26.7 Å². The topological polar surface area (TPSA) is 20.2 Å². The average molecular weight is 341 g/mol. The van der Waals surface area contributed by atoms with Gasteiger partial charge in [-0.2, -0.15) is 0 Å². The Hall–Kier alpha value is 1.14. The van der Waals surface area contributed by atoms with E-state index in [-0.39, 0.29) is 50.7 Å². The number of aliphatic hydroxyl groups is 1. The first-order chi connectivity index (χ1) is 3.81. The molecule has 0 aliphatic heterocycles. The summed E-state index contributed by atoms with van der Waals surface area (Å²) in [4.78, 5) is 0. The molecule has 0 aliphatic carbocycles. The number of rotatable bonds is 3. The Morgan fingerprint density at radius 3 is 2.44 bits per heavy atom. The van der Waals surface area contributed by atoms with Crippen LogP contribution >= 0.6 is 0 Å². The summed E-state index contributed by atoms with van der Waals surface area (Å²) in [5.41, 5.74) is 1.29.